The van der Waals surface area contributed by atoms with E-state index >= 15 is 0 Å². The van der Waals surface area contributed by atoms with Crippen LogP contribution in [0.2, 0.25) is 0 Å². The summed E-state index contributed by atoms with van der Waals surface area (Å²) in [5, 5.41) is 9.78. The first-order valence-corrected chi connectivity index (χ1v) is 4.76. The topological polar surface area (TPSA) is 29.5 Å². The molecule has 0 radical (unpaired) electrons. The Morgan fingerprint density at radius 3 is 2.53 bits per heavy atom. The minimum Gasteiger partial charge on any atom is -0.496 e. The van der Waals surface area contributed by atoms with E-state index in [2.05, 4.69) is 0 Å². The number of alkyl halides is 2. The second-order valence-corrected chi connectivity index (χ2v) is 3.79. The lowest BCUT2D eigenvalue weighted by molar-refractivity contribution is 0.141. The lowest BCUT2D eigenvalue weighted by Crippen LogP contribution is -2.05. The van der Waals surface area contributed by atoms with Crippen molar-refractivity contribution in [3.63, 3.8) is 0 Å². The summed E-state index contributed by atoms with van der Waals surface area (Å²) in [7, 11) is 1.35. The molecule has 4 heteroatoms. The van der Waals surface area contributed by atoms with Crippen LogP contribution in [0, 0.1) is 0 Å². The normalized spacial score (nSPS) is 17.9. The van der Waals surface area contributed by atoms with Crippen LogP contribution in [-0.2, 0) is 5.60 Å². The van der Waals surface area contributed by atoms with Gasteiger partial charge in [0.2, 0.25) is 0 Å². The number of methoxy groups -OCH3 is 1. The van der Waals surface area contributed by atoms with E-state index in [1.165, 1.54) is 19.2 Å². The molecule has 2 rings (SSSR count). The molecule has 0 aliphatic heterocycles. The van der Waals surface area contributed by atoms with E-state index < -0.39 is 12.0 Å². The Balaban J connectivity index is 2.41. The summed E-state index contributed by atoms with van der Waals surface area (Å²) in [4.78, 5) is 0. The molecule has 0 bridgehead atoms. The number of hydrogen-bond donors (Lipinski definition) is 1. The fourth-order valence-electron chi connectivity index (χ4n) is 1.60. The van der Waals surface area contributed by atoms with E-state index in [0.29, 0.717) is 18.4 Å². The largest absolute Gasteiger partial charge is 0.496 e. The van der Waals surface area contributed by atoms with Crippen LogP contribution < -0.4 is 4.74 Å². The van der Waals surface area contributed by atoms with Gasteiger partial charge in [-0.05, 0) is 30.5 Å². The highest BCUT2D eigenvalue weighted by atomic mass is 19.3. The van der Waals surface area contributed by atoms with Gasteiger partial charge < -0.3 is 9.84 Å². The fraction of sp³-hybridized carbons (Fsp3) is 0.455. The van der Waals surface area contributed by atoms with Crippen molar-refractivity contribution in [2.24, 2.45) is 0 Å². The highest BCUT2D eigenvalue weighted by molar-refractivity contribution is 5.41. The van der Waals surface area contributed by atoms with E-state index in [1.54, 1.807) is 6.07 Å². The van der Waals surface area contributed by atoms with Crippen molar-refractivity contribution in [2.75, 3.05) is 7.11 Å². The van der Waals surface area contributed by atoms with Crippen LogP contribution in [0.1, 0.15) is 30.4 Å². The number of halogens is 2. The SMILES string of the molecule is COc1ccc(C2(O)CC2)cc1C(F)F. The van der Waals surface area contributed by atoms with Crippen LogP contribution in [0.3, 0.4) is 0 Å². The zero-order chi connectivity index (χ0) is 11.1. The van der Waals surface area contributed by atoms with E-state index in [4.69, 9.17) is 4.74 Å². The second kappa shape index (κ2) is 3.45. The van der Waals surface area contributed by atoms with E-state index in [0.717, 1.165) is 0 Å². The van der Waals surface area contributed by atoms with Gasteiger partial charge >= 0.3 is 0 Å². The van der Waals surface area contributed by atoms with Gasteiger partial charge in [0.1, 0.15) is 5.75 Å². The standard InChI is InChI=1S/C11H12F2O2/c1-15-9-3-2-7(11(14)4-5-11)6-8(9)10(12)13/h2-3,6,10,14H,4-5H2,1H3. The van der Waals surface area contributed by atoms with Gasteiger partial charge in [-0.1, -0.05) is 6.07 Å². The quantitative estimate of drug-likeness (QED) is 0.838. The van der Waals surface area contributed by atoms with Crippen LogP contribution in [0.4, 0.5) is 8.78 Å². The number of hydrogen-bond acceptors (Lipinski definition) is 2. The van der Waals surface area contributed by atoms with Crippen molar-refractivity contribution in [2.45, 2.75) is 24.9 Å². The molecule has 0 atom stereocenters. The van der Waals surface area contributed by atoms with Gasteiger partial charge in [0.25, 0.3) is 6.43 Å². The molecule has 0 heterocycles. The maximum atomic E-state index is 12.6. The van der Waals surface area contributed by atoms with Gasteiger partial charge in [0.15, 0.2) is 0 Å². The zero-order valence-electron chi connectivity index (χ0n) is 8.34. The first-order valence-electron chi connectivity index (χ1n) is 4.76. The number of ether oxygens (including phenoxy) is 1. The summed E-state index contributed by atoms with van der Waals surface area (Å²) in [5.41, 5.74) is -0.482. The summed E-state index contributed by atoms with van der Waals surface area (Å²) in [5.74, 6) is 0.165. The Kier molecular flexibility index (Phi) is 2.38. The summed E-state index contributed by atoms with van der Waals surface area (Å²) in [6.07, 6.45) is -1.30. The molecule has 1 aromatic rings. The smallest absolute Gasteiger partial charge is 0.267 e. The number of rotatable bonds is 3. The molecule has 2 nitrogen and oxygen atoms in total. The van der Waals surface area contributed by atoms with Crippen molar-refractivity contribution in [3.05, 3.63) is 29.3 Å². The molecule has 0 saturated heterocycles. The summed E-state index contributed by atoms with van der Waals surface area (Å²) in [6, 6.07) is 4.45. The molecular formula is C11H12F2O2. The van der Waals surface area contributed by atoms with Crippen LogP contribution in [0.15, 0.2) is 18.2 Å². The Bertz CT molecular complexity index is 373. The molecule has 1 aliphatic carbocycles. The van der Waals surface area contributed by atoms with Crippen molar-refractivity contribution < 1.29 is 18.6 Å². The van der Waals surface area contributed by atoms with Gasteiger partial charge in [-0.15, -0.1) is 0 Å². The Morgan fingerprint density at radius 1 is 1.40 bits per heavy atom. The Labute approximate surface area is 86.5 Å². The van der Waals surface area contributed by atoms with Crippen molar-refractivity contribution in [3.8, 4) is 5.75 Å². The first-order chi connectivity index (χ1) is 7.07. The maximum Gasteiger partial charge on any atom is 0.267 e. The molecule has 1 fully saturated rings. The summed E-state index contributed by atoms with van der Waals surface area (Å²) >= 11 is 0. The maximum absolute atomic E-state index is 12.6. The van der Waals surface area contributed by atoms with Crippen LogP contribution in [-0.4, -0.2) is 12.2 Å². The van der Waals surface area contributed by atoms with Gasteiger partial charge in [-0.2, -0.15) is 0 Å². The third-order valence-electron chi connectivity index (χ3n) is 2.73. The van der Waals surface area contributed by atoms with Crippen molar-refractivity contribution in [1.29, 1.82) is 0 Å². The van der Waals surface area contributed by atoms with Crippen molar-refractivity contribution in [1.82, 2.24) is 0 Å². The molecule has 0 aromatic heterocycles. The predicted molar refractivity (Wildman–Crippen MR) is 51.1 cm³/mol. The Morgan fingerprint density at radius 2 is 2.07 bits per heavy atom. The van der Waals surface area contributed by atoms with E-state index in [-0.39, 0.29) is 11.3 Å². The van der Waals surface area contributed by atoms with Gasteiger partial charge in [-0.3, -0.25) is 0 Å². The third-order valence-corrected chi connectivity index (χ3v) is 2.73. The lowest BCUT2D eigenvalue weighted by atomic mass is 10.0. The predicted octanol–water partition coefficient (Wildman–Crippen LogP) is 2.61. The lowest BCUT2D eigenvalue weighted by Gasteiger charge is -2.13. The van der Waals surface area contributed by atoms with E-state index in [9.17, 15) is 13.9 Å². The number of benzene rings is 1. The molecule has 0 spiro atoms. The molecule has 1 aliphatic rings. The van der Waals surface area contributed by atoms with Crippen LogP contribution >= 0.6 is 0 Å². The molecule has 1 saturated carbocycles. The molecule has 1 aromatic carbocycles. The van der Waals surface area contributed by atoms with Crippen LogP contribution in [0.5, 0.6) is 5.75 Å². The van der Waals surface area contributed by atoms with Crippen molar-refractivity contribution >= 4 is 0 Å². The highest BCUT2D eigenvalue weighted by Gasteiger charge is 2.42. The fourth-order valence-corrected chi connectivity index (χ4v) is 1.60. The molecule has 1 N–H and O–H groups in total. The summed E-state index contributed by atoms with van der Waals surface area (Å²) in [6.45, 7) is 0. The second-order valence-electron chi connectivity index (χ2n) is 3.79. The summed E-state index contributed by atoms with van der Waals surface area (Å²) < 4.78 is 30.1. The van der Waals surface area contributed by atoms with E-state index in [1.807, 2.05) is 0 Å². The highest BCUT2D eigenvalue weighted by Crippen LogP contribution is 2.46. The van der Waals surface area contributed by atoms with Gasteiger partial charge in [0, 0.05) is 0 Å². The molecule has 15 heavy (non-hydrogen) atoms. The molecular weight excluding hydrogens is 202 g/mol. The monoisotopic (exact) mass is 214 g/mol. The minimum atomic E-state index is -2.58. The Hall–Kier alpha value is -1.16. The number of aliphatic hydroxyl groups is 1. The molecule has 0 amide bonds. The third kappa shape index (κ3) is 1.81. The van der Waals surface area contributed by atoms with Gasteiger partial charge in [0.05, 0.1) is 18.3 Å². The minimum absolute atomic E-state index is 0.157. The van der Waals surface area contributed by atoms with Crippen LogP contribution in [0.25, 0.3) is 0 Å². The first kappa shape index (κ1) is 10.4. The zero-order valence-corrected chi connectivity index (χ0v) is 8.34. The average Bonchev–Trinajstić information content (AvgIpc) is 2.96. The van der Waals surface area contributed by atoms with Gasteiger partial charge in [-0.25, -0.2) is 8.78 Å². The molecule has 0 unspecified atom stereocenters. The molecule has 82 valence electrons. The average molecular weight is 214 g/mol.